The van der Waals surface area contributed by atoms with Gasteiger partial charge in [0.15, 0.2) is 21.3 Å². The Hall–Kier alpha value is -1.67. The van der Waals surface area contributed by atoms with Gasteiger partial charge >= 0.3 is 5.97 Å². The maximum atomic E-state index is 11.5. The van der Waals surface area contributed by atoms with Gasteiger partial charge in [-0.1, -0.05) is 11.6 Å². The molecular weight excluding hydrogens is 294 g/mol. The molecule has 0 spiro atoms. The van der Waals surface area contributed by atoms with Crippen LogP contribution in [0.15, 0.2) is 12.3 Å². The van der Waals surface area contributed by atoms with E-state index < -0.39 is 21.1 Å². The van der Waals surface area contributed by atoms with Crippen LogP contribution in [0, 0.1) is 0 Å². The second-order valence-electron chi connectivity index (χ2n) is 4.11. The molecule has 1 atom stereocenters. The molecule has 19 heavy (non-hydrogen) atoms. The van der Waals surface area contributed by atoms with E-state index in [9.17, 15) is 13.2 Å². The van der Waals surface area contributed by atoms with Gasteiger partial charge in [0.2, 0.25) is 0 Å². The molecule has 1 unspecified atom stereocenters. The Morgan fingerprint density at radius 1 is 1.47 bits per heavy atom. The Labute approximate surface area is 113 Å². The lowest BCUT2D eigenvalue weighted by Gasteiger charge is -2.08. The lowest BCUT2D eigenvalue weighted by atomic mass is 10.3. The molecule has 2 rings (SSSR count). The van der Waals surface area contributed by atoms with Crippen molar-refractivity contribution < 1.29 is 18.3 Å². The van der Waals surface area contributed by atoms with Crippen LogP contribution in [0.5, 0.6) is 0 Å². The highest BCUT2D eigenvalue weighted by molar-refractivity contribution is 7.90. The van der Waals surface area contributed by atoms with E-state index in [0.717, 1.165) is 6.26 Å². The third-order valence-corrected chi connectivity index (χ3v) is 4.51. The predicted octanol–water partition coefficient (Wildman–Crippen LogP) is 1.19. The fourth-order valence-electron chi connectivity index (χ4n) is 1.56. The Morgan fingerprint density at radius 3 is 2.63 bits per heavy atom. The van der Waals surface area contributed by atoms with Crippen molar-refractivity contribution in [1.82, 2.24) is 14.6 Å². The summed E-state index contributed by atoms with van der Waals surface area (Å²) in [6.07, 6.45) is 2.32. The molecule has 102 valence electrons. The number of fused-ring (bicyclic) bond motifs is 1. The number of carboxylic acid groups (broad SMARTS) is 1. The summed E-state index contributed by atoms with van der Waals surface area (Å²) in [6, 6.07) is 1.24. The summed E-state index contributed by atoms with van der Waals surface area (Å²) >= 11 is 5.90. The zero-order chi connectivity index (χ0) is 14.4. The van der Waals surface area contributed by atoms with Crippen molar-refractivity contribution in [2.45, 2.75) is 12.2 Å². The van der Waals surface area contributed by atoms with Crippen LogP contribution < -0.4 is 0 Å². The predicted molar refractivity (Wildman–Crippen MR) is 68.2 cm³/mol. The SMILES string of the molecule is CC(c1nnc2c(Cl)cc(C(=O)O)cn12)S(C)(=O)=O. The smallest absolute Gasteiger partial charge is 0.337 e. The first-order chi connectivity index (χ1) is 8.71. The number of sulfone groups is 1. The summed E-state index contributed by atoms with van der Waals surface area (Å²) in [7, 11) is -3.38. The first-order valence-corrected chi connectivity index (χ1v) is 7.51. The maximum absolute atomic E-state index is 11.5. The standard InChI is InChI=1S/C10H10ClN3O4S/c1-5(19(2,17)18)8-12-13-9-7(11)3-6(10(15)16)4-14(8)9/h3-5H,1-2H3,(H,15,16). The molecule has 0 saturated carbocycles. The minimum atomic E-state index is -3.38. The van der Waals surface area contributed by atoms with Crippen LogP contribution in [0.3, 0.4) is 0 Å². The number of rotatable bonds is 3. The second kappa shape index (κ2) is 4.46. The summed E-state index contributed by atoms with van der Waals surface area (Å²) in [5.74, 6) is -1.04. The summed E-state index contributed by atoms with van der Waals surface area (Å²) in [5, 5.41) is 15.7. The molecule has 0 amide bonds. The molecule has 7 nitrogen and oxygen atoms in total. The van der Waals surface area contributed by atoms with Crippen LogP contribution in [-0.4, -0.2) is 40.3 Å². The third kappa shape index (κ3) is 2.41. The molecule has 0 aromatic carbocycles. The van der Waals surface area contributed by atoms with Crippen molar-refractivity contribution in [2.24, 2.45) is 0 Å². The van der Waals surface area contributed by atoms with Crippen molar-refractivity contribution in [3.05, 3.63) is 28.7 Å². The first kappa shape index (κ1) is 13.8. The van der Waals surface area contributed by atoms with Crippen molar-refractivity contribution in [2.75, 3.05) is 6.26 Å². The summed E-state index contributed by atoms with van der Waals surface area (Å²) in [6.45, 7) is 1.45. The minimum absolute atomic E-state index is 0.0701. The van der Waals surface area contributed by atoms with Gasteiger partial charge in [0.25, 0.3) is 0 Å². The lowest BCUT2D eigenvalue weighted by molar-refractivity contribution is 0.0696. The van der Waals surface area contributed by atoms with E-state index >= 15 is 0 Å². The highest BCUT2D eigenvalue weighted by Gasteiger charge is 2.24. The number of hydrogen-bond acceptors (Lipinski definition) is 5. The monoisotopic (exact) mass is 303 g/mol. The average molecular weight is 304 g/mol. The van der Waals surface area contributed by atoms with E-state index in [-0.39, 0.29) is 22.1 Å². The zero-order valence-electron chi connectivity index (χ0n) is 10.0. The van der Waals surface area contributed by atoms with Gasteiger partial charge in [0, 0.05) is 12.5 Å². The van der Waals surface area contributed by atoms with E-state index in [1.54, 1.807) is 0 Å². The first-order valence-electron chi connectivity index (χ1n) is 5.18. The lowest BCUT2D eigenvalue weighted by Crippen LogP contribution is -2.12. The number of hydrogen-bond donors (Lipinski definition) is 1. The molecule has 0 radical (unpaired) electrons. The Morgan fingerprint density at radius 2 is 2.11 bits per heavy atom. The second-order valence-corrected chi connectivity index (χ2v) is 6.88. The number of pyridine rings is 1. The van der Waals surface area contributed by atoms with Gasteiger partial charge in [-0.2, -0.15) is 0 Å². The van der Waals surface area contributed by atoms with Crippen molar-refractivity contribution in [1.29, 1.82) is 0 Å². The van der Waals surface area contributed by atoms with Gasteiger partial charge in [0.1, 0.15) is 5.25 Å². The zero-order valence-corrected chi connectivity index (χ0v) is 11.6. The number of halogens is 1. The highest BCUT2D eigenvalue weighted by Crippen LogP contribution is 2.24. The van der Waals surface area contributed by atoms with E-state index in [4.69, 9.17) is 16.7 Å². The topological polar surface area (TPSA) is 102 Å². The van der Waals surface area contributed by atoms with Crippen molar-refractivity contribution >= 4 is 33.1 Å². The molecule has 2 aromatic rings. The normalized spacial score (nSPS) is 13.6. The summed E-state index contributed by atoms with van der Waals surface area (Å²) < 4.78 is 24.4. The maximum Gasteiger partial charge on any atom is 0.337 e. The molecule has 0 saturated heterocycles. The Kier molecular flexibility index (Phi) is 3.23. The molecule has 0 bridgehead atoms. The van der Waals surface area contributed by atoms with Crippen molar-refractivity contribution in [3.8, 4) is 0 Å². The van der Waals surface area contributed by atoms with Gasteiger partial charge in [-0.25, -0.2) is 13.2 Å². The van der Waals surface area contributed by atoms with Crippen LogP contribution in [0.1, 0.15) is 28.4 Å². The van der Waals surface area contributed by atoms with Gasteiger partial charge in [0.05, 0.1) is 10.6 Å². The molecule has 9 heteroatoms. The quantitative estimate of drug-likeness (QED) is 0.913. The van der Waals surface area contributed by atoms with Crippen molar-refractivity contribution in [3.63, 3.8) is 0 Å². The molecule has 0 fully saturated rings. The Bertz CT molecular complexity index is 768. The van der Waals surface area contributed by atoms with Gasteiger partial charge in [-0.15, -0.1) is 10.2 Å². The fraction of sp³-hybridized carbons (Fsp3) is 0.300. The van der Waals surface area contributed by atoms with Gasteiger partial charge in [-0.05, 0) is 13.0 Å². The highest BCUT2D eigenvalue weighted by atomic mass is 35.5. The van der Waals surface area contributed by atoms with E-state index in [1.165, 1.54) is 23.6 Å². The molecule has 0 aliphatic heterocycles. The van der Waals surface area contributed by atoms with Crippen LogP contribution >= 0.6 is 11.6 Å². The molecule has 2 heterocycles. The third-order valence-electron chi connectivity index (χ3n) is 2.74. The van der Waals surface area contributed by atoms with Gasteiger partial charge < -0.3 is 5.11 Å². The largest absolute Gasteiger partial charge is 0.478 e. The fourth-order valence-corrected chi connectivity index (χ4v) is 2.35. The van der Waals surface area contributed by atoms with E-state index in [1.807, 2.05) is 0 Å². The Balaban J connectivity index is 2.75. The number of carbonyl (C=O) groups is 1. The number of aromatic carboxylic acids is 1. The number of nitrogens with zero attached hydrogens (tertiary/aromatic N) is 3. The summed E-state index contributed by atoms with van der Waals surface area (Å²) in [5.41, 5.74) is 0.149. The number of carboxylic acids is 1. The molecule has 0 aliphatic rings. The minimum Gasteiger partial charge on any atom is -0.478 e. The average Bonchev–Trinajstić information content (AvgIpc) is 2.70. The molecule has 1 N–H and O–H groups in total. The van der Waals surface area contributed by atoms with E-state index in [2.05, 4.69) is 10.2 Å². The van der Waals surface area contributed by atoms with Crippen LogP contribution in [0.2, 0.25) is 5.02 Å². The summed E-state index contributed by atoms with van der Waals surface area (Å²) in [4.78, 5) is 11.0. The molecular formula is C10H10ClN3O4S. The van der Waals surface area contributed by atoms with Crippen LogP contribution in [0.25, 0.3) is 5.65 Å². The van der Waals surface area contributed by atoms with Gasteiger partial charge in [-0.3, -0.25) is 4.40 Å². The molecule has 0 aliphatic carbocycles. The van der Waals surface area contributed by atoms with Crippen LogP contribution in [0.4, 0.5) is 0 Å². The molecule has 2 aromatic heterocycles. The van der Waals surface area contributed by atoms with Crippen LogP contribution in [-0.2, 0) is 9.84 Å². The van der Waals surface area contributed by atoms with E-state index in [0.29, 0.717) is 0 Å². The number of aromatic nitrogens is 3.